The fourth-order valence-electron chi connectivity index (χ4n) is 2.67. The Morgan fingerprint density at radius 1 is 1.19 bits per heavy atom. The molecule has 0 bridgehead atoms. The third-order valence-corrected chi connectivity index (χ3v) is 3.29. The topological polar surface area (TPSA) is 12.5 Å². The molecular weight excluding hydrogens is 245 g/mol. The molecule has 16 heavy (non-hydrogen) atoms. The summed E-state index contributed by atoms with van der Waals surface area (Å²) < 4.78 is 42.7. The molecule has 0 radical (unpaired) electrons. The molecule has 0 aromatic rings. The quantitative estimate of drug-likeness (QED) is 0.592. The molecule has 1 saturated carbocycles. The van der Waals surface area contributed by atoms with E-state index in [9.17, 15) is 12.9 Å². The number of rotatable bonds is 2. The Balaban J connectivity index is 0.00000128. The molecule has 0 aromatic carbocycles. The van der Waals surface area contributed by atoms with Crippen molar-refractivity contribution in [3.63, 3.8) is 0 Å². The Bertz CT molecular complexity index is 227. The van der Waals surface area contributed by atoms with Crippen LogP contribution in [0.2, 0.25) is 0 Å². The number of hydrogen-bond donors (Lipinski definition) is 0. The molecule has 0 amide bonds. The number of halogens is 3. The molecule has 2 fully saturated rings. The summed E-state index contributed by atoms with van der Waals surface area (Å²) in [5, 5.41) is 0. The summed E-state index contributed by atoms with van der Waals surface area (Å²) in [6.07, 6.45) is 3.23. The molecule has 1 aliphatic carbocycles. The first-order valence-corrected chi connectivity index (χ1v) is 5.63. The molecule has 0 N–H and O–H groups in total. The Morgan fingerprint density at radius 3 is 2.56 bits per heavy atom. The predicted molar refractivity (Wildman–Crippen MR) is 52.6 cm³/mol. The van der Waals surface area contributed by atoms with E-state index in [2.05, 4.69) is 0 Å². The van der Waals surface area contributed by atoms with Crippen LogP contribution in [0, 0.1) is 0 Å². The van der Waals surface area contributed by atoms with Crippen LogP contribution < -0.4 is 51.4 Å². The van der Waals surface area contributed by atoms with E-state index in [1.807, 2.05) is 0 Å². The number of fused-ring (bicyclic) bond motifs is 1. The van der Waals surface area contributed by atoms with Crippen molar-refractivity contribution in [2.24, 2.45) is 0 Å². The third kappa shape index (κ3) is 4.26. The van der Waals surface area contributed by atoms with Crippen LogP contribution in [0.1, 0.15) is 25.7 Å². The van der Waals surface area contributed by atoms with Crippen LogP contribution in [0.15, 0.2) is 0 Å². The second-order valence-electron chi connectivity index (χ2n) is 4.47. The van der Waals surface area contributed by atoms with Crippen LogP contribution in [0.5, 0.6) is 0 Å². The van der Waals surface area contributed by atoms with Gasteiger partial charge in [-0.05, 0) is 19.3 Å². The summed E-state index contributed by atoms with van der Waals surface area (Å²) >= 11 is 0. The van der Waals surface area contributed by atoms with Gasteiger partial charge >= 0.3 is 58.4 Å². The molecule has 0 aromatic heterocycles. The SMILES string of the molecule is F[B-](F)(F)CN1CCOC2CCCCC21.[K+]. The van der Waals surface area contributed by atoms with Gasteiger partial charge in [0.05, 0.1) is 12.7 Å². The molecule has 2 nitrogen and oxygen atoms in total. The van der Waals surface area contributed by atoms with Crippen LogP contribution in [-0.2, 0) is 4.74 Å². The van der Waals surface area contributed by atoms with E-state index in [4.69, 9.17) is 4.74 Å². The van der Waals surface area contributed by atoms with Crippen LogP contribution in [0.4, 0.5) is 12.9 Å². The zero-order valence-electron chi connectivity index (χ0n) is 9.67. The van der Waals surface area contributed by atoms with Crippen LogP contribution in [0.3, 0.4) is 0 Å². The van der Waals surface area contributed by atoms with E-state index in [1.165, 1.54) is 0 Å². The standard InChI is InChI=1S/C9H16BF3NO.K/c11-10(12,13)7-14-5-6-15-9-4-2-1-3-8(9)14;/h8-9H,1-7H2;/q-1;+1. The fourth-order valence-corrected chi connectivity index (χ4v) is 2.67. The first kappa shape index (κ1) is 15.5. The van der Waals surface area contributed by atoms with Gasteiger partial charge in [0.25, 0.3) is 0 Å². The van der Waals surface area contributed by atoms with Crippen molar-refractivity contribution >= 4 is 6.98 Å². The monoisotopic (exact) mass is 261 g/mol. The van der Waals surface area contributed by atoms with E-state index in [1.54, 1.807) is 4.90 Å². The minimum absolute atomic E-state index is 0. The molecule has 2 unspecified atom stereocenters. The predicted octanol–water partition coefficient (Wildman–Crippen LogP) is -0.980. The number of hydrogen-bond acceptors (Lipinski definition) is 2. The zero-order chi connectivity index (χ0) is 10.9. The molecule has 88 valence electrons. The summed E-state index contributed by atoms with van der Waals surface area (Å²) in [5.74, 6) is 0. The second-order valence-corrected chi connectivity index (χ2v) is 4.47. The molecule has 2 rings (SSSR count). The molecule has 7 heteroatoms. The first-order valence-electron chi connectivity index (χ1n) is 5.63. The van der Waals surface area contributed by atoms with E-state index in [0.29, 0.717) is 13.2 Å². The van der Waals surface area contributed by atoms with Gasteiger partial charge in [0.1, 0.15) is 0 Å². The van der Waals surface area contributed by atoms with E-state index >= 15 is 0 Å². The van der Waals surface area contributed by atoms with Crippen LogP contribution >= 0.6 is 0 Å². The Hall–Kier alpha value is 1.41. The number of ether oxygens (including phenoxy) is 1. The third-order valence-electron chi connectivity index (χ3n) is 3.29. The van der Waals surface area contributed by atoms with Gasteiger partial charge in [0.15, 0.2) is 0 Å². The zero-order valence-corrected chi connectivity index (χ0v) is 12.8. The summed E-state index contributed by atoms with van der Waals surface area (Å²) in [6, 6.07) is 0.0102. The minimum atomic E-state index is -4.70. The molecule has 1 heterocycles. The maximum absolute atomic E-state index is 12.4. The molecule has 1 saturated heterocycles. The van der Waals surface area contributed by atoms with Gasteiger partial charge in [0, 0.05) is 12.6 Å². The maximum atomic E-state index is 12.4. The van der Waals surface area contributed by atoms with Crippen LogP contribution in [-0.4, -0.2) is 43.6 Å². The Morgan fingerprint density at radius 2 is 1.88 bits per heavy atom. The number of nitrogens with zero attached hydrogens (tertiary/aromatic N) is 1. The first-order chi connectivity index (χ1) is 7.06. The fraction of sp³-hybridized carbons (Fsp3) is 1.00. The maximum Gasteiger partial charge on any atom is 1.00 e. The van der Waals surface area contributed by atoms with Crippen molar-refractivity contribution in [3.8, 4) is 0 Å². The second kappa shape index (κ2) is 6.54. The molecule has 2 atom stereocenters. The van der Waals surface area contributed by atoms with Gasteiger partial charge in [-0.3, -0.25) is 0 Å². The minimum Gasteiger partial charge on any atom is -0.448 e. The summed E-state index contributed by atoms with van der Waals surface area (Å²) in [5.41, 5.74) is 0. The van der Waals surface area contributed by atoms with Gasteiger partial charge in [-0.25, -0.2) is 0 Å². The number of morpholine rings is 1. The van der Waals surface area contributed by atoms with Gasteiger partial charge < -0.3 is 22.6 Å². The van der Waals surface area contributed by atoms with Crippen molar-refractivity contribution in [2.45, 2.75) is 37.8 Å². The van der Waals surface area contributed by atoms with Crippen molar-refractivity contribution < 1.29 is 69.1 Å². The molecule has 1 aliphatic heterocycles. The van der Waals surface area contributed by atoms with Crippen molar-refractivity contribution in [1.29, 1.82) is 0 Å². The van der Waals surface area contributed by atoms with Gasteiger partial charge in [-0.2, -0.15) is 0 Å². The average molecular weight is 261 g/mol. The normalized spacial score (nSPS) is 31.7. The molecular formula is C9H16BF3KNO. The van der Waals surface area contributed by atoms with Gasteiger partial charge in [-0.15, -0.1) is 0 Å². The van der Waals surface area contributed by atoms with Crippen molar-refractivity contribution in [3.05, 3.63) is 0 Å². The van der Waals surface area contributed by atoms with Gasteiger partial charge in [0.2, 0.25) is 0 Å². The summed E-state index contributed by atoms with van der Waals surface area (Å²) in [6.45, 7) is -3.81. The summed E-state index contributed by atoms with van der Waals surface area (Å²) in [7, 11) is 0. The van der Waals surface area contributed by atoms with E-state index in [0.717, 1.165) is 25.7 Å². The largest absolute Gasteiger partial charge is 1.00 e. The van der Waals surface area contributed by atoms with Crippen molar-refractivity contribution in [1.82, 2.24) is 4.90 Å². The summed E-state index contributed by atoms with van der Waals surface area (Å²) in [4.78, 5) is 1.58. The average Bonchev–Trinajstić information content (AvgIpc) is 2.16. The molecule has 2 aliphatic rings. The van der Waals surface area contributed by atoms with E-state index < -0.39 is 13.4 Å². The Labute approximate surface area is 137 Å². The van der Waals surface area contributed by atoms with Crippen LogP contribution in [0.25, 0.3) is 0 Å². The molecule has 0 spiro atoms. The Kier molecular flexibility index (Phi) is 6.32. The van der Waals surface area contributed by atoms with E-state index in [-0.39, 0.29) is 63.5 Å². The van der Waals surface area contributed by atoms with Gasteiger partial charge in [-0.1, -0.05) is 12.8 Å². The smallest absolute Gasteiger partial charge is 0.448 e. The van der Waals surface area contributed by atoms with Crippen molar-refractivity contribution in [2.75, 3.05) is 19.6 Å².